The minimum Gasteiger partial charge on any atom is -0.338 e. The van der Waals surface area contributed by atoms with Crippen molar-refractivity contribution in [2.75, 3.05) is 13.1 Å². The zero-order chi connectivity index (χ0) is 17.4. The second-order valence-corrected chi connectivity index (χ2v) is 8.39. The molecule has 1 atom stereocenters. The number of nitrogens with one attached hydrogen (secondary N) is 1. The number of amides is 1. The maximum absolute atomic E-state index is 13.0. The molecule has 2 aromatic heterocycles. The van der Waals surface area contributed by atoms with Gasteiger partial charge in [0.15, 0.2) is 0 Å². The maximum atomic E-state index is 13.0. The first-order valence-corrected chi connectivity index (χ1v) is 9.90. The molecular weight excluding hydrogens is 334 g/mol. The second-order valence-electron chi connectivity index (χ2n) is 7.12. The summed E-state index contributed by atoms with van der Waals surface area (Å²) in [4.78, 5) is 35.9. The number of H-pyrrole nitrogens is 1. The van der Waals surface area contributed by atoms with E-state index in [0.29, 0.717) is 12.1 Å². The number of nitrogens with zero attached hydrogens (tertiary/aromatic N) is 2. The molecule has 2 aliphatic rings. The van der Waals surface area contributed by atoms with Crippen molar-refractivity contribution in [1.82, 2.24) is 14.9 Å². The molecule has 1 fully saturated rings. The van der Waals surface area contributed by atoms with E-state index in [4.69, 9.17) is 0 Å². The van der Waals surface area contributed by atoms with Crippen LogP contribution in [0.3, 0.4) is 0 Å². The Kier molecular flexibility index (Phi) is 4.46. The number of piperidine rings is 1. The predicted octanol–water partition coefficient (Wildman–Crippen LogP) is 3.04. The van der Waals surface area contributed by atoms with Gasteiger partial charge in [-0.15, -0.1) is 11.3 Å². The van der Waals surface area contributed by atoms with E-state index in [9.17, 15) is 9.59 Å². The molecule has 0 saturated carbocycles. The number of aromatic nitrogens is 2. The highest BCUT2D eigenvalue weighted by molar-refractivity contribution is 7.11. The Balaban J connectivity index is 1.57. The number of carbonyl (C=O) groups is 1. The molecule has 0 bridgehead atoms. The smallest absolute Gasteiger partial charge is 0.261 e. The van der Waals surface area contributed by atoms with Crippen LogP contribution in [0.2, 0.25) is 0 Å². The number of likely N-dealkylation sites (tertiary alicyclic amines) is 1. The minimum atomic E-state index is -0.238. The molecule has 0 aromatic carbocycles. The van der Waals surface area contributed by atoms with Gasteiger partial charge in [0.1, 0.15) is 5.56 Å². The molecule has 2 aromatic rings. The van der Waals surface area contributed by atoms with Crippen molar-refractivity contribution < 1.29 is 4.79 Å². The molecule has 1 saturated heterocycles. The highest BCUT2D eigenvalue weighted by atomic mass is 32.1. The summed E-state index contributed by atoms with van der Waals surface area (Å²) in [6, 6.07) is 1.84. The van der Waals surface area contributed by atoms with E-state index in [1.165, 1.54) is 4.88 Å². The summed E-state index contributed by atoms with van der Waals surface area (Å²) in [6.45, 7) is 3.43. The number of hydrogen-bond acceptors (Lipinski definition) is 4. The first-order chi connectivity index (χ1) is 12.1. The Labute approximate surface area is 151 Å². The van der Waals surface area contributed by atoms with E-state index in [2.05, 4.69) is 16.9 Å². The van der Waals surface area contributed by atoms with Crippen molar-refractivity contribution in [3.8, 4) is 0 Å². The summed E-state index contributed by atoms with van der Waals surface area (Å²) < 4.78 is 0. The molecule has 0 spiro atoms. The van der Waals surface area contributed by atoms with Crippen LogP contribution in [0.5, 0.6) is 0 Å². The van der Waals surface area contributed by atoms with Crippen LogP contribution < -0.4 is 5.56 Å². The third-order valence-corrected chi connectivity index (χ3v) is 6.34. The van der Waals surface area contributed by atoms with E-state index in [1.54, 1.807) is 11.3 Å². The fourth-order valence-corrected chi connectivity index (χ4v) is 4.83. The molecule has 0 unspecified atom stereocenters. The van der Waals surface area contributed by atoms with E-state index < -0.39 is 0 Å². The van der Waals surface area contributed by atoms with Gasteiger partial charge < -0.3 is 9.88 Å². The summed E-state index contributed by atoms with van der Waals surface area (Å²) in [7, 11) is 0. The first kappa shape index (κ1) is 16.5. The van der Waals surface area contributed by atoms with Gasteiger partial charge in [0, 0.05) is 35.8 Å². The average Bonchev–Trinajstić information content (AvgIpc) is 3.07. The van der Waals surface area contributed by atoms with Gasteiger partial charge in [0.2, 0.25) is 0 Å². The van der Waals surface area contributed by atoms with E-state index in [1.807, 2.05) is 17.2 Å². The summed E-state index contributed by atoms with van der Waals surface area (Å²) in [6.07, 6.45) is 8.00. The third-order valence-electron chi connectivity index (χ3n) is 5.27. The molecule has 6 heteroatoms. The number of pyridine rings is 1. The molecule has 0 radical (unpaired) electrons. The van der Waals surface area contributed by atoms with Crippen LogP contribution in [0, 0.1) is 6.92 Å². The molecule has 132 valence electrons. The highest BCUT2D eigenvalue weighted by Crippen LogP contribution is 2.30. The molecule has 1 N–H and O–H groups in total. The minimum absolute atomic E-state index is 0.132. The van der Waals surface area contributed by atoms with E-state index in [-0.39, 0.29) is 17.4 Å². The molecule has 1 aliphatic carbocycles. The monoisotopic (exact) mass is 357 g/mol. The molecule has 1 amide bonds. The van der Waals surface area contributed by atoms with Crippen molar-refractivity contribution >= 4 is 17.2 Å². The zero-order valence-corrected chi connectivity index (χ0v) is 15.3. The van der Waals surface area contributed by atoms with Crippen LogP contribution in [-0.2, 0) is 12.8 Å². The van der Waals surface area contributed by atoms with E-state index in [0.717, 1.165) is 61.3 Å². The molecule has 5 nitrogen and oxygen atoms in total. The van der Waals surface area contributed by atoms with Crippen molar-refractivity contribution in [1.29, 1.82) is 0 Å². The Hall–Kier alpha value is -1.95. The lowest BCUT2D eigenvalue weighted by Gasteiger charge is -2.32. The van der Waals surface area contributed by atoms with Crippen molar-refractivity contribution in [2.45, 2.75) is 51.4 Å². The summed E-state index contributed by atoms with van der Waals surface area (Å²) in [5.74, 6) is 0.153. The van der Waals surface area contributed by atoms with Crippen molar-refractivity contribution in [2.24, 2.45) is 0 Å². The number of hydrogen-bond donors (Lipinski definition) is 1. The summed E-state index contributed by atoms with van der Waals surface area (Å²) in [5.41, 5.74) is 2.22. The van der Waals surface area contributed by atoms with Gasteiger partial charge in [-0.3, -0.25) is 9.59 Å². The molecular formula is C19H23N3O2S. The lowest BCUT2D eigenvalue weighted by molar-refractivity contribution is 0.0705. The van der Waals surface area contributed by atoms with Crippen LogP contribution in [0.25, 0.3) is 0 Å². The van der Waals surface area contributed by atoms with Gasteiger partial charge in [0.05, 0.1) is 5.01 Å². The van der Waals surface area contributed by atoms with Crippen LogP contribution in [0.1, 0.15) is 63.1 Å². The predicted molar refractivity (Wildman–Crippen MR) is 98.4 cm³/mol. The Morgan fingerprint density at radius 3 is 2.96 bits per heavy atom. The average molecular weight is 357 g/mol. The number of carbonyl (C=O) groups excluding carboxylic acids is 1. The van der Waals surface area contributed by atoms with Crippen molar-refractivity contribution in [3.05, 3.63) is 49.3 Å². The largest absolute Gasteiger partial charge is 0.338 e. The Morgan fingerprint density at radius 1 is 1.32 bits per heavy atom. The number of fused-ring (bicyclic) bond motifs is 1. The second kappa shape index (κ2) is 6.75. The van der Waals surface area contributed by atoms with Crippen LogP contribution in [-0.4, -0.2) is 33.9 Å². The van der Waals surface area contributed by atoms with Gasteiger partial charge in [-0.1, -0.05) is 0 Å². The SMILES string of the molecule is Cc1cnc([C@@H]2CCCN(C(=O)c3cc4c([nH]c3=O)CCCC4)C2)s1. The highest BCUT2D eigenvalue weighted by Gasteiger charge is 2.29. The molecule has 25 heavy (non-hydrogen) atoms. The lowest BCUT2D eigenvalue weighted by Crippen LogP contribution is -2.41. The molecule has 4 rings (SSSR count). The first-order valence-electron chi connectivity index (χ1n) is 9.08. The Morgan fingerprint density at radius 2 is 2.16 bits per heavy atom. The van der Waals surface area contributed by atoms with Crippen LogP contribution >= 0.6 is 11.3 Å². The topological polar surface area (TPSA) is 66.1 Å². The fraction of sp³-hybridized carbons (Fsp3) is 0.526. The van der Waals surface area contributed by atoms with Gasteiger partial charge in [0.25, 0.3) is 11.5 Å². The third kappa shape index (κ3) is 3.27. The summed E-state index contributed by atoms with van der Waals surface area (Å²) >= 11 is 1.71. The van der Waals surface area contributed by atoms with E-state index >= 15 is 0 Å². The molecule has 1 aliphatic heterocycles. The number of aryl methyl sites for hydroxylation is 3. The number of rotatable bonds is 2. The quantitative estimate of drug-likeness (QED) is 0.898. The lowest BCUT2D eigenvalue weighted by atomic mass is 9.94. The molecule has 3 heterocycles. The summed E-state index contributed by atoms with van der Waals surface area (Å²) in [5, 5.41) is 1.11. The normalized spacial score (nSPS) is 20.4. The van der Waals surface area contributed by atoms with Gasteiger partial charge in [-0.05, 0) is 57.1 Å². The number of thiazole rings is 1. The Bertz CT molecular complexity index is 855. The fourth-order valence-electron chi connectivity index (χ4n) is 3.93. The van der Waals surface area contributed by atoms with Gasteiger partial charge >= 0.3 is 0 Å². The number of aromatic amines is 1. The zero-order valence-electron chi connectivity index (χ0n) is 14.5. The maximum Gasteiger partial charge on any atom is 0.261 e. The van der Waals surface area contributed by atoms with Gasteiger partial charge in [-0.25, -0.2) is 4.98 Å². The van der Waals surface area contributed by atoms with Crippen LogP contribution in [0.15, 0.2) is 17.1 Å². The van der Waals surface area contributed by atoms with Crippen LogP contribution in [0.4, 0.5) is 0 Å². The standard InChI is InChI=1S/C19H23N3O2S/c1-12-10-20-18(25-12)14-6-4-8-22(11-14)19(24)15-9-13-5-2-3-7-16(13)21-17(15)23/h9-10,14H,2-8,11H2,1H3,(H,21,23)/t14-/m1/s1. The van der Waals surface area contributed by atoms with Gasteiger partial charge in [-0.2, -0.15) is 0 Å². The van der Waals surface area contributed by atoms with Crippen molar-refractivity contribution in [3.63, 3.8) is 0 Å².